The number of benzene rings is 11. The Hall–Kier alpha value is -8.72. The van der Waals surface area contributed by atoms with Crippen LogP contribution >= 0.6 is 0 Å². The largest absolute Gasteiger partial charge is 0.311 e. The third-order valence-electron chi connectivity index (χ3n) is 13.0. The van der Waals surface area contributed by atoms with Crippen LogP contribution in [0, 0.1) is 0 Å². The van der Waals surface area contributed by atoms with Gasteiger partial charge in [0.2, 0.25) is 0 Å². The maximum Gasteiger partial charge on any atom is 0.0541 e. The lowest BCUT2D eigenvalue weighted by Crippen LogP contribution is -2.09. The Morgan fingerprint density at radius 1 is 0.227 bits per heavy atom. The Kier molecular flexibility index (Phi) is 9.89. The van der Waals surface area contributed by atoms with Crippen molar-refractivity contribution in [1.82, 2.24) is 4.57 Å². The summed E-state index contributed by atoms with van der Waals surface area (Å²) >= 11 is 0. The molecule has 0 aliphatic carbocycles. The summed E-state index contributed by atoms with van der Waals surface area (Å²) in [6.07, 6.45) is 0. The van der Waals surface area contributed by atoms with Gasteiger partial charge in [-0.25, -0.2) is 0 Å². The second-order valence-electron chi connectivity index (χ2n) is 17.0. The zero-order chi connectivity index (χ0) is 43.8. The molecule has 310 valence electrons. The lowest BCUT2D eigenvalue weighted by Gasteiger charge is -2.26. The SMILES string of the molecule is c1ccc(-c2cccc(-c3ccc(N(c4ccc(-c5cccc(-c6ccc7ccccc7c6)c5)cc4)c4ccc(-c5ccc6c(c5)c5ccccc5n6-c5ccccc5)cc4)cc3)c2)cc1. The summed E-state index contributed by atoms with van der Waals surface area (Å²) in [7, 11) is 0. The maximum absolute atomic E-state index is 2.37. The van der Waals surface area contributed by atoms with Gasteiger partial charge in [-0.1, -0.05) is 182 Å². The number of para-hydroxylation sites is 2. The fourth-order valence-corrected chi connectivity index (χ4v) is 9.62. The Bertz CT molecular complexity index is 3660. The van der Waals surface area contributed by atoms with Gasteiger partial charge >= 0.3 is 0 Å². The van der Waals surface area contributed by atoms with Crippen LogP contribution in [0.4, 0.5) is 17.1 Å². The first-order valence-electron chi connectivity index (χ1n) is 22.7. The van der Waals surface area contributed by atoms with Gasteiger partial charge in [-0.15, -0.1) is 0 Å². The minimum Gasteiger partial charge on any atom is -0.311 e. The molecule has 0 spiro atoms. The highest BCUT2D eigenvalue weighted by molar-refractivity contribution is 6.10. The van der Waals surface area contributed by atoms with Crippen LogP contribution in [0.1, 0.15) is 0 Å². The molecule has 0 unspecified atom stereocenters. The van der Waals surface area contributed by atoms with E-state index in [-0.39, 0.29) is 0 Å². The van der Waals surface area contributed by atoms with Crippen molar-refractivity contribution >= 4 is 49.6 Å². The molecule has 1 heterocycles. The minimum absolute atomic E-state index is 1.09. The molecule has 0 aliphatic heterocycles. The third kappa shape index (κ3) is 7.31. The predicted molar refractivity (Wildman–Crippen MR) is 280 cm³/mol. The lowest BCUT2D eigenvalue weighted by molar-refractivity contribution is 1.18. The summed E-state index contributed by atoms with van der Waals surface area (Å²) in [4.78, 5) is 2.36. The van der Waals surface area contributed by atoms with Crippen LogP contribution in [0.5, 0.6) is 0 Å². The number of nitrogens with zero attached hydrogens (tertiary/aromatic N) is 2. The Labute approximate surface area is 385 Å². The summed E-state index contributed by atoms with van der Waals surface area (Å²) in [6.45, 7) is 0. The molecule has 0 aliphatic rings. The van der Waals surface area contributed by atoms with Crippen molar-refractivity contribution in [3.05, 3.63) is 267 Å². The highest BCUT2D eigenvalue weighted by atomic mass is 15.1. The van der Waals surface area contributed by atoms with E-state index in [4.69, 9.17) is 0 Å². The Balaban J connectivity index is 0.901. The molecule has 0 atom stereocenters. The topological polar surface area (TPSA) is 8.17 Å². The fraction of sp³-hybridized carbons (Fsp3) is 0. The van der Waals surface area contributed by atoms with Gasteiger partial charge in [-0.05, 0) is 151 Å². The molecule has 0 N–H and O–H groups in total. The van der Waals surface area contributed by atoms with E-state index in [1.54, 1.807) is 0 Å². The summed E-state index contributed by atoms with van der Waals surface area (Å²) in [5.74, 6) is 0. The highest BCUT2D eigenvalue weighted by Crippen LogP contribution is 2.40. The summed E-state index contributed by atoms with van der Waals surface area (Å²) in [6, 6.07) is 96.8. The number of aromatic nitrogens is 1. The standard InChI is InChI=1S/C64H44N2/c1-3-13-45(14-4-1)51-17-11-18-52(41-51)47-27-34-58(35-28-47)65(59-36-29-48(30-37-59)53-19-12-20-54(42-53)55-26-25-46-15-7-8-16-50(46)43-55)60-38-31-49(32-39-60)56-33-40-64-62(44-56)61-23-9-10-24-63(61)66(64)57-21-5-2-6-22-57/h1-44H. The maximum atomic E-state index is 2.37. The summed E-state index contributed by atoms with van der Waals surface area (Å²) in [5.41, 5.74) is 18.8. The number of hydrogen-bond acceptors (Lipinski definition) is 1. The van der Waals surface area contributed by atoms with Crippen molar-refractivity contribution in [1.29, 1.82) is 0 Å². The molecule has 12 rings (SSSR count). The normalized spacial score (nSPS) is 11.3. The van der Waals surface area contributed by atoms with Gasteiger partial charge in [0, 0.05) is 33.5 Å². The quantitative estimate of drug-likeness (QED) is 0.141. The van der Waals surface area contributed by atoms with Crippen LogP contribution in [0.15, 0.2) is 267 Å². The number of hydrogen-bond donors (Lipinski definition) is 0. The first-order valence-corrected chi connectivity index (χ1v) is 22.7. The van der Waals surface area contributed by atoms with Gasteiger partial charge in [-0.2, -0.15) is 0 Å². The smallest absolute Gasteiger partial charge is 0.0541 e. The Morgan fingerprint density at radius 2 is 0.621 bits per heavy atom. The van der Waals surface area contributed by atoms with E-state index in [0.717, 1.165) is 22.7 Å². The van der Waals surface area contributed by atoms with Crippen molar-refractivity contribution in [3.63, 3.8) is 0 Å². The first kappa shape index (κ1) is 38.9. The van der Waals surface area contributed by atoms with E-state index in [9.17, 15) is 0 Å². The van der Waals surface area contributed by atoms with Gasteiger partial charge in [0.25, 0.3) is 0 Å². The second-order valence-corrected chi connectivity index (χ2v) is 17.0. The molecule has 0 saturated carbocycles. The monoisotopic (exact) mass is 840 g/mol. The molecule has 2 nitrogen and oxygen atoms in total. The van der Waals surface area contributed by atoms with Crippen molar-refractivity contribution < 1.29 is 0 Å². The molecule has 12 aromatic rings. The van der Waals surface area contributed by atoms with Crippen molar-refractivity contribution in [3.8, 4) is 61.3 Å². The molecule has 11 aromatic carbocycles. The average Bonchev–Trinajstić information content (AvgIpc) is 3.73. The fourth-order valence-electron chi connectivity index (χ4n) is 9.62. The van der Waals surface area contributed by atoms with Crippen LogP contribution < -0.4 is 4.90 Å². The Morgan fingerprint density at radius 3 is 1.21 bits per heavy atom. The van der Waals surface area contributed by atoms with Crippen molar-refractivity contribution in [2.75, 3.05) is 4.90 Å². The molecular weight excluding hydrogens is 797 g/mol. The third-order valence-corrected chi connectivity index (χ3v) is 13.0. The van der Waals surface area contributed by atoms with Gasteiger partial charge < -0.3 is 9.47 Å². The summed E-state index contributed by atoms with van der Waals surface area (Å²) < 4.78 is 2.37. The molecule has 0 bridgehead atoms. The molecule has 0 saturated heterocycles. The van der Waals surface area contributed by atoms with Crippen LogP contribution in [-0.4, -0.2) is 4.57 Å². The molecule has 0 amide bonds. The lowest BCUT2D eigenvalue weighted by atomic mass is 9.97. The van der Waals surface area contributed by atoms with E-state index in [1.165, 1.54) is 88.2 Å². The van der Waals surface area contributed by atoms with E-state index in [1.807, 2.05) is 0 Å². The van der Waals surface area contributed by atoms with E-state index in [0.29, 0.717) is 0 Å². The molecular formula is C64H44N2. The number of rotatable bonds is 9. The van der Waals surface area contributed by atoms with E-state index in [2.05, 4.69) is 276 Å². The molecule has 0 fully saturated rings. The molecule has 66 heavy (non-hydrogen) atoms. The number of anilines is 3. The average molecular weight is 841 g/mol. The second kappa shape index (κ2) is 16.8. The van der Waals surface area contributed by atoms with Gasteiger partial charge in [-0.3, -0.25) is 0 Å². The van der Waals surface area contributed by atoms with Crippen LogP contribution in [0.3, 0.4) is 0 Å². The van der Waals surface area contributed by atoms with Crippen molar-refractivity contribution in [2.45, 2.75) is 0 Å². The molecule has 1 aromatic heterocycles. The van der Waals surface area contributed by atoms with Gasteiger partial charge in [0.1, 0.15) is 0 Å². The number of fused-ring (bicyclic) bond motifs is 4. The molecule has 0 radical (unpaired) electrons. The van der Waals surface area contributed by atoms with Gasteiger partial charge in [0.15, 0.2) is 0 Å². The molecule has 2 heteroatoms. The van der Waals surface area contributed by atoms with Crippen LogP contribution in [0.2, 0.25) is 0 Å². The predicted octanol–water partition coefficient (Wildman–Crippen LogP) is 17.7. The van der Waals surface area contributed by atoms with E-state index >= 15 is 0 Å². The summed E-state index contributed by atoms with van der Waals surface area (Å²) in [5, 5.41) is 5.00. The van der Waals surface area contributed by atoms with Crippen LogP contribution in [-0.2, 0) is 0 Å². The first-order chi connectivity index (χ1) is 32.7. The minimum atomic E-state index is 1.09. The zero-order valence-corrected chi connectivity index (χ0v) is 36.3. The van der Waals surface area contributed by atoms with E-state index < -0.39 is 0 Å². The van der Waals surface area contributed by atoms with Gasteiger partial charge in [0.05, 0.1) is 11.0 Å². The zero-order valence-electron chi connectivity index (χ0n) is 36.3. The van der Waals surface area contributed by atoms with Crippen molar-refractivity contribution in [2.24, 2.45) is 0 Å². The van der Waals surface area contributed by atoms with Crippen LogP contribution in [0.25, 0.3) is 93.9 Å². The highest BCUT2D eigenvalue weighted by Gasteiger charge is 2.16.